The maximum atomic E-state index is 10.4. The Hall–Kier alpha value is -0.480. The van der Waals surface area contributed by atoms with Crippen molar-refractivity contribution in [2.75, 3.05) is 19.0 Å². The number of rotatable bonds is 4. The number of halogens is 2. The van der Waals surface area contributed by atoms with Crippen molar-refractivity contribution >= 4 is 29.7 Å². The number of hydrogen-bond donors (Lipinski definition) is 2. The van der Waals surface area contributed by atoms with E-state index in [4.69, 9.17) is 17.3 Å². The Morgan fingerprint density at radius 3 is 2.40 bits per heavy atom. The number of nitrogens with zero attached hydrogens (tertiary/aromatic N) is 1. The molecule has 0 spiro atoms. The van der Waals surface area contributed by atoms with E-state index in [1.54, 1.807) is 0 Å². The third-order valence-corrected chi connectivity index (χ3v) is 4.44. The van der Waals surface area contributed by atoms with Crippen molar-refractivity contribution in [3.05, 3.63) is 28.8 Å². The van der Waals surface area contributed by atoms with Gasteiger partial charge in [0.15, 0.2) is 0 Å². The summed E-state index contributed by atoms with van der Waals surface area (Å²) in [5, 5.41) is 11.0. The van der Waals surface area contributed by atoms with Crippen molar-refractivity contribution in [2.24, 2.45) is 11.7 Å². The number of nitrogens with two attached hydrogens (primary N) is 1. The fraction of sp³-hybridized carbons (Fsp3) is 0.600. The Bertz CT molecular complexity index is 434. The number of aliphatic hydroxyl groups is 1. The predicted molar refractivity (Wildman–Crippen MR) is 87.9 cm³/mol. The van der Waals surface area contributed by atoms with Crippen LogP contribution in [0, 0.1) is 5.92 Å². The number of anilines is 1. The number of benzene rings is 1. The standard InChI is InChI=1S/C15H23ClN2O.ClH/c1-18(2)11-7-8-12(13(16)9-11)14(17)15(19)10-5-3-4-6-10;/h7-10,14-15,19H,3-6,17H2,1-2H3;1H/t14-,15+;/m0./s1. The Labute approximate surface area is 132 Å². The summed E-state index contributed by atoms with van der Waals surface area (Å²) in [4.78, 5) is 1.99. The first-order valence-electron chi connectivity index (χ1n) is 6.91. The molecule has 5 heteroatoms. The zero-order chi connectivity index (χ0) is 14.0. The van der Waals surface area contributed by atoms with Crippen LogP contribution < -0.4 is 10.6 Å². The molecule has 1 aromatic rings. The second kappa shape index (κ2) is 7.51. The maximum absolute atomic E-state index is 10.4. The van der Waals surface area contributed by atoms with Gasteiger partial charge in [0.25, 0.3) is 0 Å². The molecule has 3 nitrogen and oxygen atoms in total. The van der Waals surface area contributed by atoms with Crippen molar-refractivity contribution in [1.29, 1.82) is 0 Å². The lowest BCUT2D eigenvalue weighted by Crippen LogP contribution is -2.32. The molecule has 0 bridgehead atoms. The fourth-order valence-electron chi connectivity index (χ4n) is 2.84. The minimum atomic E-state index is -0.495. The first-order chi connectivity index (χ1) is 9.00. The van der Waals surface area contributed by atoms with Crippen LogP contribution in [0.1, 0.15) is 37.3 Å². The second-order valence-corrected chi connectivity index (χ2v) is 6.07. The minimum absolute atomic E-state index is 0. The van der Waals surface area contributed by atoms with Gasteiger partial charge < -0.3 is 15.7 Å². The van der Waals surface area contributed by atoms with Crippen LogP contribution in [0.4, 0.5) is 5.69 Å². The van der Waals surface area contributed by atoms with Gasteiger partial charge in [-0.1, -0.05) is 30.5 Å². The third kappa shape index (κ3) is 3.79. The molecule has 1 aromatic carbocycles. The molecule has 1 fully saturated rings. The van der Waals surface area contributed by atoms with Crippen molar-refractivity contribution < 1.29 is 5.11 Å². The van der Waals surface area contributed by atoms with E-state index in [1.165, 1.54) is 12.8 Å². The van der Waals surface area contributed by atoms with Gasteiger partial charge in [0.05, 0.1) is 12.1 Å². The molecule has 0 aliphatic heterocycles. The van der Waals surface area contributed by atoms with E-state index in [9.17, 15) is 5.11 Å². The van der Waals surface area contributed by atoms with Crippen LogP contribution in [-0.4, -0.2) is 25.3 Å². The van der Waals surface area contributed by atoms with E-state index in [0.717, 1.165) is 24.1 Å². The smallest absolute Gasteiger partial charge is 0.0761 e. The van der Waals surface area contributed by atoms with Crippen LogP contribution in [0.25, 0.3) is 0 Å². The van der Waals surface area contributed by atoms with E-state index < -0.39 is 12.1 Å². The van der Waals surface area contributed by atoms with E-state index >= 15 is 0 Å². The Balaban J connectivity index is 0.00000200. The molecule has 0 aromatic heterocycles. The average molecular weight is 319 g/mol. The summed E-state index contributed by atoms with van der Waals surface area (Å²) >= 11 is 6.30. The van der Waals surface area contributed by atoms with Gasteiger partial charge in [-0.2, -0.15) is 0 Å². The van der Waals surface area contributed by atoms with E-state index in [2.05, 4.69) is 0 Å². The summed E-state index contributed by atoms with van der Waals surface area (Å²) in [6.07, 6.45) is 4.04. The first kappa shape index (κ1) is 17.6. The lowest BCUT2D eigenvalue weighted by molar-refractivity contribution is 0.0845. The normalized spacial score (nSPS) is 18.4. The van der Waals surface area contributed by atoms with E-state index in [1.807, 2.05) is 37.2 Å². The molecule has 0 radical (unpaired) electrons. The van der Waals surface area contributed by atoms with Crippen LogP contribution in [0.2, 0.25) is 5.02 Å². The summed E-state index contributed by atoms with van der Waals surface area (Å²) in [7, 11) is 3.94. The monoisotopic (exact) mass is 318 g/mol. The van der Waals surface area contributed by atoms with Crippen LogP contribution in [0.15, 0.2) is 18.2 Å². The average Bonchev–Trinajstić information content (AvgIpc) is 2.90. The van der Waals surface area contributed by atoms with E-state index in [-0.39, 0.29) is 12.4 Å². The van der Waals surface area contributed by atoms with Crippen LogP contribution >= 0.6 is 24.0 Å². The second-order valence-electron chi connectivity index (χ2n) is 5.66. The fourth-order valence-corrected chi connectivity index (χ4v) is 3.14. The molecule has 2 rings (SSSR count). The Morgan fingerprint density at radius 2 is 1.90 bits per heavy atom. The zero-order valence-electron chi connectivity index (χ0n) is 12.1. The molecule has 1 saturated carbocycles. The highest BCUT2D eigenvalue weighted by atomic mass is 35.5. The molecule has 0 heterocycles. The Morgan fingerprint density at radius 1 is 1.30 bits per heavy atom. The molecule has 1 aliphatic carbocycles. The molecule has 20 heavy (non-hydrogen) atoms. The van der Waals surface area contributed by atoms with Crippen molar-refractivity contribution in [3.63, 3.8) is 0 Å². The molecule has 1 aliphatic rings. The summed E-state index contributed by atoms with van der Waals surface area (Å²) in [6.45, 7) is 0. The van der Waals surface area contributed by atoms with Gasteiger partial charge in [0, 0.05) is 24.8 Å². The highest BCUT2D eigenvalue weighted by Gasteiger charge is 2.29. The van der Waals surface area contributed by atoms with Crippen molar-refractivity contribution in [1.82, 2.24) is 0 Å². The first-order valence-corrected chi connectivity index (χ1v) is 7.29. The van der Waals surface area contributed by atoms with Gasteiger partial charge in [-0.05, 0) is 36.5 Å². The topological polar surface area (TPSA) is 49.5 Å². The Kier molecular flexibility index (Phi) is 6.59. The molecule has 2 atom stereocenters. The van der Waals surface area contributed by atoms with Crippen LogP contribution in [0.3, 0.4) is 0 Å². The van der Waals surface area contributed by atoms with Gasteiger partial charge in [-0.15, -0.1) is 12.4 Å². The summed E-state index contributed by atoms with van der Waals surface area (Å²) in [6, 6.07) is 5.42. The van der Waals surface area contributed by atoms with Crippen LogP contribution in [0.5, 0.6) is 0 Å². The molecule has 3 N–H and O–H groups in total. The highest BCUT2D eigenvalue weighted by molar-refractivity contribution is 6.31. The molecular weight excluding hydrogens is 295 g/mol. The maximum Gasteiger partial charge on any atom is 0.0761 e. The van der Waals surface area contributed by atoms with Gasteiger partial charge in [-0.25, -0.2) is 0 Å². The number of hydrogen-bond acceptors (Lipinski definition) is 3. The summed E-state index contributed by atoms with van der Waals surface area (Å²) < 4.78 is 0. The van der Waals surface area contributed by atoms with E-state index in [0.29, 0.717) is 10.9 Å². The summed E-state index contributed by atoms with van der Waals surface area (Å²) in [5.74, 6) is 0.319. The predicted octanol–water partition coefficient (Wildman–Crippen LogP) is 3.38. The van der Waals surface area contributed by atoms with Gasteiger partial charge in [0.2, 0.25) is 0 Å². The largest absolute Gasteiger partial charge is 0.391 e. The van der Waals surface area contributed by atoms with Crippen LogP contribution in [-0.2, 0) is 0 Å². The minimum Gasteiger partial charge on any atom is -0.391 e. The van der Waals surface area contributed by atoms with Gasteiger partial charge in [-0.3, -0.25) is 0 Å². The molecule has 0 unspecified atom stereocenters. The molecule has 114 valence electrons. The van der Waals surface area contributed by atoms with Crippen molar-refractivity contribution in [3.8, 4) is 0 Å². The molecular formula is C15H24Cl2N2O. The third-order valence-electron chi connectivity index (χ3n) is 4.11. The number of aliphatic hydroxyl groups excluding tert-OH is 1. The van der Waals surface area contributed by atoms with Gasteiger partial charge >= 0.3 is 0 Å². The zero-order valence-corrected chi connectivity index (χ0v) is 13.6. The van der Waals surface area contributed by atoms with Gasteiger partial charge in [0.1, 0.15) is 0 Å². The highest BCUT2D eigenvalue weighted by Crippen LogP contribution is 2.35. The SMILES string of the molecule is CN(C)c1ccc([C@H](N)[C@H](O)C2CCCC2)c(Cl)c1.Cl. The lowest BCUT2D eigenvalue weighted by Gasteiger charge is -2.26. The quantitative estimate of drug-likeness (QED) is 0.894. The molecule has 0 saturated heterocycles. The lowest BCUT2D eigenvalue weighted by atomic mass is 9.91. The van der Waals surface area contributed by atoms with Crippen molar-refractivity contribution in [2.45, 2.75) is 37.8 Å². The summed E-state index contributed by atoms with van der Waals surface area (Å²) in [5.41, 5.74) is 8.08. The molecule has 0 amide bonds.